The Labute approximate surface area is 149 Å². The average molecular weight is 342 g/mol. The third-order valence-electron chi connectivity index (χ3n) is 3.79. The molecule has 0 fully saturated rings. The fourth-order valence-corrected chi connectivity index (χ4v) is 2.71. The van der Waals surface area contributed by atoms with Gasteiger partial charge >= 0.3 is 0 Å². The Bertz CT molecular complexity index is 713. The summed E-state index contributed by atoms with van der Waals surface area (Å²) in [5, 5.41) is 3.62. The minimum atomic E-state index is -0.188. The van der Waals surface area contributed by atoms with Gasteiger partial charge in [-0.2, -0.15) is 0 Å². The highest BCUT2D eigenvalue weighted by Crippen LogP contribution is 2.19. The van der Waals surface area contributed by atoms with Gasteiger partial charge in [-0.05, 0) is 41.9 Å². The zero-order valence-corrected chi connectivity index (χ0v) is 15.0. The second kappa shape index (κ2) is 8.60. The monoisotopic (exact) mass is 342 g/mol. The zero-order chi connectivity index (χ0) is 17.5. The number of anilines is 1. The standard InChI is InChI=1S/C20H23FN2S/c1-4-8-17-11-12-18(14-19(17)21)23(3)20(24)22-15(2)13-16-9-6-5-7-10-16/h5-7,9-12,14H,2,4,8,13H2,1,3H3,(H,22,24). The fraction of sp³-hybridized carbons (Fsp3) is 0.250. The Balaban J connectivity index is 1.99. The minimum absolute atomic E-state index is 0.188. The van der Waals surface area contributed by atoms with E-state index in [1.807, 2.05) is 56.4 Å². The van der Waals surface area contributed by atoms with Crippen LogP contribution >= 0.6 is 12.2 Å². The second-order valence-corrected chi connectivity index (χ2v) is 6.17. The number of thiocarbonyl (C=S) groups is 1. The van der Waals surface area contributed by atoms with Crippen molar-refractivity contribution in [2.24, 2.45) is 0 Å². The molecule has 0 aliphatic heterocycles. The lowest BCUT2D eigenvalue weighted by Gasteiger charge is -2.22. The molecule has 0 aliphatic rings. The van der Waals surface area contributed by atoms with Crippen molar-refractivity contribution in [2.75, 3.05) is 11.9 Å². The second-order valence-electron chi connectivity index (χ2n) is 5.78. The number of nitrogens with one attached hydrogen (secondary N) is 1. The third kappa shape index (κ3) is 4.90. The minimum Gasteiger partial charge on any atom is -0.336 e. The first-order chi connectivity index (χ1) is 11.5. The lowest BCUT2D eigenvalue weighted by molar-refractivity contribution is 0.607. The van der Waals surface area contributed by atoms with Crippen molar-refractivity contribution in [3.63, 3.8) is 0 Å². The van der Waals surface area contributed by atoms with E-state index in [1.165, 1.54) is 6.07 Å². The van der Waals surface area contributed by atoms with Crippen molar-refractivity contribution in [1.29, 1.82) is 0 Å². The van der Waals surface area contributed by atoms with E-state index in [0.717, 1.165) is 35.4 Å². The van der Waals surface area contributed by atoms with E-state index >= 15 is 0 Å². The molecule has 4 heteroatoms. The van der Waals surface area contributed by atoms with Gasteiger partial charge in [0.15, 0.2) is 5.11 Å². The van der Waals surface area contributed by atoms with Gasteiger partial charge in [0.1, 0.15) is 5.82 Å². The highest BCUT2D eigenvalue weighted by Gasteiger charge is 2.11. The molecule has 0 heterocycles. The summed E-state index contributed by atoms with van der Waals surface area (Å²) in [5.41, 5.74) is 3.43. The van der Waals surface area contributed by atoms with Crippen LogP contribution in [0.15, 0.2) is 60.8 Å². The van der Waals surface area contributed by atoms with Gasteiger partial charge < -0.3 is 10.2 Å². The van der Waals surface area contributed by atoms with Crippen molar-refractivity contribution >= 4 is 23.0 Å². The smallest absolute Gasteiger partial charge is 0.177 e. The summed E-state index contributed by atoms with van der Waals surface area (Å²) in [4.78, 5) is 1.75. The van der Waals surface area contributed by atoms with Crippen molar-refractivity contribution < 1.29 is 4.39 Å². The van der Waals surface area contributed by atoms with Gasteiger partial charge in [0, 0.05) is 24.9 Å². The van der Waals surface area contributed by atoms with E-state index in [1.54, 1.807) is 4.90 Å². The van der Waals surface area contributed by atoms with E-state index in [0.29, 0.717) is 11.5 Å². The molecule has 0 bridgehead atoms. The topological polar surface area (TPSA) is 15.3 Å². The molecule has 2 nitrogen and oxygen atoms in total. The molecule has 0 saturated heterocycles. The molecule has 0 unspecified atom stereocenters. The molecule has 2 aromatic rings. The van der Waals surface area contributed by atoms with Crippen molar-refractivity contribution in [3.8, 4) is 0 Å². The molecule has 0 amide bonds. The highest BCUT2D eigenvalue weighted by molar-refractivity contribution is 7.80. The molecular weight excluding hydrogens is 319 g/mol. The predicted molar refractivity (Wildman–Crippen MR) is 104 cm³/mol. The predicted octanol–water partition coefficient (Wildman–Crippen LogP) is 4.85. The summed E-state index contributed by atoms with van der Waals surface area (Å²) in [6, 6.07) is 15.3. The zero-order valence-electron chi connectivity index (χ0n) is 14.2. The molecule has 2 rings (SSSR count). The summed E-state index contributed by atoms with van der Waals surface area (Å²) >= 11 is 5.41. The van der Waals surface area contributed by atoms with Crippen molar-refractivity contribution in [2.45, 2.75) is 26.2 Å². The average Bonchev–Trinajstić information content (AvgIpc) is 2.57. The van der Waals surface area contributed by atoms with Crippen LogP contribution in [0.3, 0.4) is 0 Å². The van der Waals surface area contributed by atoms with Gasteiger partial charge in [-0.3, -0.25) is 0 Å². The van der Waals surface area contributed by atoms with Gasteiger partial charge in [0.25, 0.3) is 0 Å². The number of nitrogens with zero attached hydrogens (tertiary/aromatic N) is 1. The van der Waals surface area contributed by atoms with Crippen molar-refractivity contribution in [3.05, 3.63) is 77.8 Å². The number of hydrogen-bond donors (Lipinski definition) is 1. The van der Waals surface area contributed by atoms with Gasteiger partial charge in [-0.15, -0.1) is 0 Å². The summed E-state index contributed by atoms with van der Waals surface area (Å²) < 4.78 is 14.1. The molecule has 0 atom stereocenters. The summed E-state index contributed by atoms with van der Waals surface area (Å²) in [6.45, 7) is 6.06. The number of hydrogen-bond acceptors (Lipinski definition) is 1. The van der Waals surface area contributed by atoms with Crippen LogP contribution in [0.5, 0.6) is 0 Å². The van der Waals surface area contributed by atoms with Crippen LogP contribution in [0.2, 0.25) is 0 Å². The lowest BCUT2D eigenvalue weighted by Crippen LogP contribution is -2.36. The number of rotatable bonds is 6. The summed E-state index contributed by atoms with van der Waals surface area (Å²) in [6.07, 6.45) is 2.36. The van der Waals surface area contributed by atoms with E-state index < -0.39 is 0 Å². The van der Waals surface area contributed by atoms with E-state index in [9.17, 15) is 4.39 Å². The van der Waals surface area contributed by atoms with Crippen LogP contribution in [0.1, 0.15) is 24.5 Å². The van der Waals surface area contributed by atoms with E-state index in [4.69, 9.17) is 12.2 Å². The third-order valence-corrected chi connectivity index (χ3v) is 4.17. The maximum Gasteiger partial charge on any atom is 0.177 e. The lowest BCUT2D eigenvalue weighted by atomic mass is 10.1. The Morgan fingerprint density at radius 3 is 2.54 bits per heavy atom. The molecule has 0 aliphatic carbocycles. The first-order valence-corrected chi connectivity index (χ1v) is 8.47. The number of allylic oxidation sites excluding steroid dienone is 1. The molecular formula is C20H23FN2S. The largest absolute Gasteiger partial charge is 0.336 e. The maximum absolute atomic E-state index is 14.1. The normalized spacial score (nSPS) is 10.3. The molecule has 24 heavy (non-hydrogen) atoms. The quantitative estimate of drug-likeness (QED) is 0.756. The van der Waals surface area contributed by atoms with Crippen LogP contribution in [0.4, 0.5) is 10.1 Å². The Hall–Kier alpha value is -2.20. The van der Waals surface area contributed by atoms with Crippen LogP contribution in [-0.4, -0.2) is 12.2 Å². The molecule has 2 aromatic carbocycles. The van der Waals surface area contributed by atoms with Crippen LogP contribution < -0.4 is 10.2 Å². The fourth-order valence-electron chi connectivity index (χ4n) is 2.46. The van der Waals surface area contributed by atoms with Gasteiger partial charge in [0.2, 0.25) is 0 Å². The van der Waals surface area contributed by atoms with Gasteiger partial charge in [-0.1, -0.05) is 56.3 Å². The molecule has 0 spiro atoms. The maximum atomic E-state index is 14.1. The molecule has 0 saturated carbocycles. The Morgan fingerprint density at radius 1 is 1.21 bits per heavy atom. The van der Waals surface area contributed by atoms with E-state index in [-0.39, 0.29) is 5.82 Å². The first-order valence-electron chi connectivity index (χ1n) is 8.06. The molecule has 0 radical (unpaired) electrons. The molecule has 1 N–H and O–H groups in total. The number of aryl methyl sites for hydroxylation is 1. The van der Waals surface area contributed by atoms with Gasteiger partial charge in [0.05, 0.1) is 0 Å². The van der Waals surface area contributed by atoms with Crippen molar-refractivity contribution in [1.82, 2.24) is 5.32 Å². The van der Waals surface area contributed by atoms with E-state index in [2.05, 4.69) is 11.9 Å². The SMILES string of the molecule is C=C(Cc1ccccc1)NC(=S)N(C)c1ccc(CCC)c(F)c1. The number of benzene rings is 2. The Kier molecular flexibility index (Phi) is 6.50. The highest BCUT2D eigenvalue weighted by atomic mass is 32.1. The van der Waals surface area contributed by atoms with Gasteiger partial charge in [-0.25, -0.2) is 4.39 Å². The first kappa shape index (κ1) is 18.1. The summed E-state index contributed by atoms with van der Waals surface area (Å²) in [5.74, 6) is -0.188. The molecule has 126 valence electrons. The van der Waals surface area contributed by atoms with Crippen LogP contribution in [-0.2, 0) is 12.8 Å². The summed E-state index contributed by atoms with van der Waals surface area (Å²) in [7, 11) is 1.82. The van der Waals surface area contributed by atoms with Crippen LogP contribution in [0, 0.1) is 5.82 Å². The number of halogens is 1. The Morgan fingerprint density at radius 2 is 1.92 bits per heavy atom. The molecule has 0 aromatic heterocycles. The van der Waals surface area contributed by atoms with Crippen LogP contribution in [0.25, 0.3) is 0 Å².